The van der Waals surface area contributed by atoms with E-state index in [-0.39, 0.29) is 5.69 Å². The Morgan fingerprint density at radius 3 is 1.89 bits per heavy atom. The molecule has 1 aromatic carbocycles. The highest BCUT2D eigenvalue weighted by Gasteiger charge is 1.97. The molecule has 0 aliphatic rings. The Kier molecular flexibility index (Phi) is 1.63. The van der Waals surface area contributed by atoms with Gasteiger partial charge in [0.1, 0.15) is 5.69 Å². The summed E-state index contributed by atoms with van der Waals surface area (Å²) >= 11 is 0. The van der Waals surface area contributed by atoms with E-state index in [0.717, 1.165) is 0 Å². The van der Waals surface area contributed by atoms with Gasteiger partial charge in [0, 0.05) is 0 Å². The molecule has 0 spiro atoms. The van der Waals surface area contributed by atoms with E-state index in [1.165, 1.54) is 12.1 Å². The van der Waals surface area contributed by atoms with Crippen LogP contribution in [-0.2, 0) is 0 Å². The quantitative estimate of drug-likeness (QED) is 0.422. The van der Waals surface area contributed by atoms with E-state index in [9.17, 15) is 8.96 Å². The molecule has 1 rings (SSSR count). The Labute approximate surface area is 51.4 Å². The summed E-state index contributed by atoms with van der Waals surface area (Å²) in [6.45, 7) is 0. The number of anilines is 1. The molecule has 9 heavy (non-hydrogen) atoms. The van der Waals surface area contributed by atoms with Gasteiger partial charge in [-0.3, -0.25) is 0 Å². The van der Waals surface area contributed by atoms with Crippen LogP contribution in [0.15, 0.2) is 30.3 Å². The van der Waals surface area contributed by atoms with Gasteiger partial charge in [0.2, 0.25) is 0 Å². The molecule has 3 heteroatoms. The van der Waals surface area contributed by atoms with Crippen LogP contribution in [0.4, 0.5) is 14.6 Å². The molecule has 0 unspecified atom stereocenters. The van der Waals surface area contributed by atoms with E-state index < -0.39 is 5.34 Å². The number of rotatable bonds is 1. The van der Waals surface area contributed by atoms with E-state index >= 15 is 0 Å². The molecule has 0 heterocycles. The smallest absolute Gasteiger partial charge is 0.0666 e. The Balaban J connectivity index is 2.85. The van der Waals surface area contributed by atoms with Crippen molar-refractivity contribution < 1.29 is 8.96 Å². The molecule has 1 aromatic rings. The van der Waals surface area contributed by atoms with Crippen molar-refractivity contribution in [1.29, 1.82) is 0 Å². The number of para-hydroxylation sites is 1. The van der Waals surface area contributed by atoms with Gasteiger partial charge in [0.05, 0.1) is 0 Å². The number of hydrogen-bond acceptors (Lipinski definition) is 1. The standard InChI is InChI=1S/C6H5F2N/c7-9(8)6-4-2-1-3-5-6/h1-5H/i1+1,2+1,3+1,4+1,5+1,6+1,9+1. The largest absolute Gasteiger partial charge is 0.105 e. The average Bonchev–Trinajstić information content (AvgIpc) is 1.90. The molecule has 0 aromatic heterocycles. The second-order valence-corrected chi connectivity index (χ2v) is 1.57. The van der Waals surface area contributed by atoms with Crippen LogP contribution < -0.4 is 5.34 Å². The lowest BCUT2D eigenvalue weighted by molar-refractivity contribution is 0.235. The van der Waals surface area contributed by atoms with Gasteiger partial charge < -0.3 is 0 Å². The Bertz CT molecular complexity index is 174. The van der Waals surface area contributed by atoms with E-state index in [2.05, 4.69) is 0 Å². The van der Waals surface area contributed by atoms with Gasteiger partial charge in [-0.1, -0.05) is 27.2 Å². The lowest BCUT2D eigenvalue weighted by Crippen LogP contribution is -1.93. The minimum Gasteiger partial charge on any atom is -0.0666 e. The van der Waals surface area contributed by atoms with Crippen LogP contribution in [0.2, 0.25) is 0 Å². The maximum absolute atomic E-state index is 11.6. The first kappa shape index (κ1) is 6.01. The van der Waals surface area contributed by atoms with Gasteiger partial charge in [-0.25, -0.2) is 0 Å². The molecule has 0 N–H and O–H groups in total. The van der Waals surface area contributed by atoms with E-state index in [0.29, 0.717) is 0 Å². The Morgan fingerprint density at radius 1 is 1.00 bits per heavy atom. The average molecular weight is 136 g/mol. The summed E-state index contributed by atoms with van der Waals surface area (Å²) in [6, 6.07) is 7.47. The molecule has 0 aliphatic carbocycles. The van der Waals surface area contributed by atoms with Crippen LogP contribution in [0.3, 0.4) is 0 Å². The van der Waals surface area contributed by atoms with Gasteiger partial charge in [0.25, 0.3) is 0 Å². The lowest BCUT2D eigenvalue weighted by atomic mass is 11.3. The molecule has 0 aliphatic heterocycles. The summed E-state index contributed by atoms with van der Waals surface area (Å²) in [6.07, 6.45) is 0. The van der Waals surface area contributed by atoms with Crippen molar-refractivity contribution in [2.45, 2.75) is 0 Å². The van der Waals surface area contributed by atoms with Crippen molar-refractivity contribution >= 4 is 5.69 Å². The summed E-state index contributed by atoms with van der Waals surface area (Å²) < 4.78 is 23.2. The molecule has 0 atom stereocenters. The number of hydrogen-bond donors (Lipinski definition) is 0. The third-order valence-electron chi connectivity index (χ3n) is 0.951. The summed E-state index contributed by atoms with van der Waals surface area (Å²) in [4.78, 5) is 0. The monoisotopic (exact) mass is 136 g/mol. The number of benzene rings is 1. The van der Waals surface area contributed by atoms with E-state index in [1.807, 2.05) is 0 Å². The van der Waals surface area contributed by atoms with E-state index in [4.69, 9.17) is 0 Å². The highest BCUT2D eigenvalue weighted by Crippen LogP contribution is 2.12. The van der Waals surface area contributed by atoms with Crippen LogP contribution in [0.25, 0.3) is 0 Å². The molecular formula is C6H5F2N. The lowest BCUT2D eigenvalue weighted by Gasteiger charge is -1.97. The zero-order chi connectivity index (χ0) is 6.69. The normalized spacial score (nSPS) is 9.11. The third kappa shape index (κ3) is 1.38. The van der Waals surface area contributed by atoms with Crippen molar-refractivity contribution in [3.8, 4) is 0 Å². The molecule has 0 radical (unpaired) electrons. The Morgan fingerprint density at radius 2 is 1.56 bits per heavy atom. The maximum Gasteiger partial charge on any atom is 0.105 e. The molecule has 0 amide bonds. The minimum atomic E-state index is -0.917. The minimum absolute atomic E-state index is 0.0856. The molecule has 0 saturated heterocycles. The fourth-order valence-electron chi connectivity index (χ4n) is 0.541. The predicted octanol–water partition coefficient (Wildman–Crippen LogP) is 2.26. The second-order valence-electron chi connectivity index (χ2n) is 1.57. The summed E-state index contributed by atoms with van der Waals surface area (Å²) in [5, 5.41) is -0.917. The predicted molar refractivity (Wildman–Crippen MR) is 31.1 cm³/mol. The summed E-state index contributed by atoms with van der Waals surface area (Å²) in [5.74, 6) is 0. The Hall–Kier alpha value is -1.12. The molecular weight excluding hydrogens is 131 g/mol. The molecule has 48 valence electrons. The second kappa shape index (κ2) is 2.44. The topological polar surface area (TPSA) is 3.24 Å². The van der Waals surface area contributed by atoms with Gasteiger partial charge in [0.15, 0.2) is 0 Å². The fraction of sp³-hybridized carbons (Fsp3) is 0. The molecule has 0 bridgehead atoms. The summed E-state index contributed by atoms with van der Waals surface area (Å²) in [7, 11) is 0. The van der Waals surface area contributed by atoms with Gasteiger partial charge in [-0.15, -0.1) is 0 Å². The highest BCUT2D eigenvalue weighted by molar-refractivity contribution is 5.40. The fourth-order valence-corrected chi connectivity index (χ4v) is 0.541. The van der Waals surface area contributed by atoms with Crippen molar-refractivity contribution in [3.63, 3.8) is 0 Å². The van der Waals surface area contributed by atoms with Crippen molar-refractivity contribution in [2.24, 2.45) is 0 Å². The van der Waals surface area contributed by atoms with Gasteiger partial charge in [-0.2, -0.15) is 0 Å². The van der Waals surface area contributed by atoms with Crippen LogP contribution in [0, 0.1) is 0 Å². The third-order valence-corrected chi connectivity index (χ3v) is 0.951. The molecule has 0 saturated carbocycles. The first-order chi connectivity index (χ1) is 4.30. The number of nitrogens with zero attached hydrogens (tertiary/aromatic N) is 1. The van der Waals surface area contributed by atoms with Crippen molar-refractivity contribution in [3.05, 3.63) is 30.3 Å². The van der Waals surface area contributed by atoms with Crippen molar-refractivity contribution in [1.82, 2.24) is 0 Å². The van der Waals surface area contributed by atoms with Gasteiger partial charge in [-0.05, 0) is 17.5 Å². The zero-order valence-electron chi connectivity index (χ0n) is 4.59. The highest BCUT2D eigenvalue weighted by atomic mass is 19.5. The van der Waals surface area contributed by atoms with Crippen LogP contribution in [0.1, 0.15) is 0 Å². The molecule has 1 nitrogen and oxygen atoms in total. The van der Waals surface area contributed by atoms with Crippen LogP contribution >= 0.6 is 0 Å². The first-order valence-electron chi connectivity index (χ1n) is 2.47. The van der Waals surface area contributed by atoms with Crippen LogP contribution in [-0.4, -0.2) is 0 Å². The summed E-state index contributed by atoms with van der Waals surface area (Å²) in [5.41, 5.74) is -0.0856. The SMILES string of the molecule is F[15N](F)[13c]1[13cH][13cH][13cH][13cH][13cH]1. The van der Waals surface area contributed by atoms with Crippen LogP contribution in [0.5, 0.6) is 0 Å². The van der Waals surface area contributed by atoms with Crippen molar-refractivity contribution in [2.75, 3.05) is 5.34 Å². The van der Waals surface area contributed by atoms with E-state index in [1.54, 1.807) is 18.2 Å². The zero-order valence-corrected chi connectivity index (χ0v) is 4.59. The maximum atomic E-state index is 11.6. The molecule has 0 fully saturated rings. The van der Waals surface area contributed by atoms with Gasteiger partial charge >= 0.3 is 0 Å². The number of halogens is 2. The first-order valence-corrected chi connectivity index (χ1v) is 2.47.